The molecule has 2 unspecified atom stereocenters. The summed E-state index contributed by atoms with van der Waals surface area (Å²) < 4.78 is 7.52. The van der Waals surface area contributed by atoms with Gasteiger partial charge in [-0.05, 0) is 25.5 Å². The number of hydrogen-bond donors (Lipinski definition) is 2. The number of hydrogen-bond acceptors (Lipinski definition) is 6. The predicted molar refractivity (Wildman–Crippen MR) is 120 cm³/mol. The molecule has 2 aromatic rings. The number of aryl methyl sites for hydroxylation is 1. The quantitative estimate of drug-likeness (QED) is 0.364. The molecule has 1 aliphatic heterocycles. The molecule has 1 fully saturated rings. The van der Waals surface area contributed by atoms with E-state index in [9.17, 15) is 0 Å². The molecule has 0 amide bonds. The minimum absolute atomic E-state index is 0. The van der Waals surface area contributed by atoms with Gasteiger partial charge in [0.15, 0.2) is 5.96 Å². The molecule has 3 heterocycles. The summed E-state index contributed by atoms with van der Waals surface area (Å²) >= 11 is 0. The molecule has 2 aromatic heterocycles. The average molecular weight is 500 g/mol. The van der Waals surface area contributed by atoms with Gasteiger partial charge in [0.1, 0.15) is 18.0 Å². The molecule has 1 saturated heterocycles. The van der Waals surface area contributed by atoms with Gasteiger partial charge < -0.3 is 20.3 Å². The van der Waals surface area contributed by atoms with E-state index in [4.69, 9.17) is 4.74 Å². The van der Waals surface area contributed by atoms with Gasteiger partial charge in [-0.15, -0.1) is 24.0 Å². The van der Waals surface area contributed by atoms with Crippen LogP contribution in [0.5, 0.6) is 0 Å². The van der Waals surface area contributed by atoms with Crippen molar-refractivity contribution in [2.24, 2.45) is 12.0 Å². The Labute approximate surface area is 183 Å². The Morgan fingerprint density at radius 1 is 1.18 bits per heavy atom. The van der Waals surface area contributed by atoms with Crippen LogP contribution in [0, 0.1) is 0 Å². The summed E-state index contributed by atoms with van der Waals surface area (Å²) in [6.45, 7) is 7.13. The van der Waals surface area contributed by atoms with Crippen LogP contribution in [0.15, 0.2) is 29.6 Å². The standard InChI is InChI=1S/C18H28N8O.HI/c1-13-10-26(11-14(2)27-13)16-6-5-15(7-20-16)8-21-18(19-3)22-9-17-23-12-24-25(17)4;/h5-7,12-14H,8-11H2,1-4H3,(H2,19,21,22);1H. The summed E-state index contributed by atoms with van der Waals surface area (Å²) in [6, 6.07) is 4.16. The maximum Gasteiger partial charge on any atom is 0.191 e. The number of nitrogens with one attached hydrogen (secondary N) is 2. The number of halogens is 1. The third kappa shape index (κ3) is 6.03. The van der Waals surface area contributed by atoms with Crippen molar-refractivity contribution in [3.63, 3.8) is 0 Å². The Hall–Kier alpha value is -1.95. The lowest BCUT2D eigenvalue weighted by molar-refractivity contribution is -0.00545. The summed E-state index contributed by atoms with van der Waals surface area (Å²) in [5.74, 6) is 2.54. The van der Waals surface area contributed by atoms with Crippen molar-refractivity contribution in [3.05, 3.63) is 36.0 Å². The number of morpholine rings is 1. The van der Waals surface area contributed by atoms with E-state index in [0.29, 0.717) is 19.0 Å². The minimum Gasteiger partial charge on any atom is -0.372 e. The molecule has 2 N–H and O–H groups in total. The van der Waals surface area contributed by atoms with E-state index in [1.165, 1.54) is 6.33 Å². The first-order valence-electron chi connectivity index (χ1n) is 9.18. The smallest absolute Gasteiger partial charge is 0.191 e. The molecule has 0 aromatic carbocycles. The molecule has 0 radical (unpaired) electrons. The normalized spacial score (nSPS) is 19.9. The summed E-state index contributed by atoms with van der Waals surface area (Å²) in [4.78, 5) is 15.3. The van der Waals surface area contributed by atoms with Crippen molar-refractivity contribution in [3.8, 4) is 0 Å². The molecule has 154 valence electrons. The van der Waals surface area contributed by atoms with E-state index >= 15 is 0 Å². The number of nitrogens with zero attached hydrogens (tertiary/aromatic N) is 6. The Morgan fingerprint density at radius 2 is 1.89 bits per heavy atom. The first-order chi connectivity index (χ1) is 13.0. The Morgan fingerprint density at radius 3 is 2.46 bits per heavy atom. The fourth-order valence-electron chi connectivity index (χ4n) is 3.12. The summed E-state index contributed by atoms with van der Waals surface area (Å²) in [5.41, 5.74) is 1.09. The lowest BCUT2D eigenvalue weighted by Crippen LogP contribution is -2.45. The van der Waals surface area contributed by atoms with Gasteiger partial charge in [0.05, 0.1) is 18.8 Å². The third-order valence-electron chi connectivity index (χ3n) is 4.46. The molecular weight excluding hydrogens is 471 g/mol. The Bertz CT molecular complexity index is 753. The molecule has 10 heteroatoms. The molecule has 1 aliphatic rings. The fraction of sp³-hybridized carbons (Fsp3) is 0.556. The molecule has 2 atom stereocenters. The van der Waals surface area contributed by atoms with Gasteiger partial charge in [0.25, 0.3) is 0 Å². The van der Waals surface area contributed by atoms with Gasteiger partial charge in [0, 0.05) is 39.9 Å². The minimum atomic E-state index is 0. The summed E-state index contributed by atoms with van der Waals surface area (Å²) in [7, 11) is 3.61. The van der Waals surface area contributed by atoms with Crippen molar-refractivity contribution in [2.75, 3.05) is 25.0 Å². The van der Waals surface area contributed by atoms with Crippen LogP contribution in [0.4, 0.5) is 5.82 Å². The lowest BCUT2D eigenvalue weighted by Gasteiger charge is -2.36. The second kappa shape index (κ2) is 10.6. The van der Waals surface area contributed by atoms with Crippen molar-refractivity contribution < 1.29 is 4.74 Å². The van der Waals surface area contributed by atoms with Crippen molar-refractivity contribution in [1.29, 1.82) is 0 Å². The molecule has 0 aliphatic carbocycles. The summed E-state index contributed by atoms with van der Waals surface area (Å²) in [5, 5.41) is 10.6. The predicted octanol–water partition coefficient (Wildman–Crippen LogP) is 1.31. The zero-order valence-corrected chi connectivity index (χ0v) is 19.1. The maximum atomic E-state index is 5.79. The molecule has 0 spiro atoms. The van der Waals surface area contributed by atoms with E-state index in [-0.39, 0.29) is 36.2 Å². The highest BCUT2D eigenvalue weighted by Gasteiger charge is 2.22. The van der Waals surface area contributed by atoms with Crippen molar-refractivity contribution in [1.82, 2.24) is 30.4 Å². The zero-order chi connectivity index (χ0) is 19.2. The number of aromatic nitrogens is 4. The van der Waals surface area contributed by atoms with Crippen LogP contribution < -0.4 is 15.5 Å². The van der Waals surface area contributed by atoms with E-state index < -0.39 is 0 Å². The molecule has 3 rings (SSSR count). The first kappa shape index (κ1) is 22.3. The average Bonchev–Trinajstić information content (AvgIpc) is 3.06. The lowest BCUT2D eigenvalue weighted by atomic mass is 10.2. The van der Waals surface area contributed by atoms with Crippen LogP contribution in [0.2, 0.25) is 0 Å². The number of ether oxygens (including phenoxy) is 1. The number of aliphatic imine (C=N–C) groups is 1. The van der Waals surface area contributed by atoms with Crippen LogP contribution in [-0.2, 0) is 24.9 Å². The van der Waals surface area contributed by atoms with E-state index in [1.54, 1.807) is 11.7 Å². The van der Waals surface area contributed by atoms with Crippen LogP contribution in [0.25, 0.3) is 0 Å². The molecule has 0 saturated carbocycles. The molecule has 0 bridgehead atoms. The van der Waals surface area contributed by atoms with Gasteiger partial charge in [-0.25, -0.2) is 9.97 Å². The topological polar surface area (TPSA) is 92.5 Å². The van der Waals surface area contributed by atoms with Crippen LogP contribution in [0.3, 0.4) is 0 Å². The van der Waals surface area contributed by atoms with Crippen LogP contribution >= 0.6 is 24.0 Å². The molecule has 28 heavy (non-hydrogen) atoms. The largest absolute Gasteiger partial charge is 0.372 e. The fourth-order valence-corrected chi connectivity index (χ4v) is 3.12. The number of guanidine groups is 1. The van der Waals surface area contributed by atoms with Gasteiger partial charge in [-0.1, -0.05) is 6.07 Å². The van der Waals surface area contributed by atoms with Gasteiger partial charge in [-0.2, -0.15) is 5.10 Å². The highest BCUT2D eigenvalue weighted by atomic mass is 127. The number of pyridine rings is 1. The maximum absolute atomic E-state index is 5.79. The number of anilines is 1. The van der Waals surface area contributed by atoms with Gasteiger partial charge in [0.2, 0.25) is 0 Å². The van der Waals surface area contributed by atoms with Gasteiger partial charge in [-0.3, -0.25) is 9.67 Å². The first-order valence-corrected chi connectivity index (χ1v) is 9.18. The molecular formula is C18H29IN8O. The van der Waals surface area contributed by atoms with Crippen LogP contribution in [-0.4, -0.2) is 58.1 Å². The van der Waals surface area contributed by atoms with E-state index in [1.807, 2.05) is 13.2 Å². The summed E-state index contributed by atoms with van der Waals surface area (Å²) in [6.07, 6.45) is 3.89. The third-order valence-corrected chi connectivity index (χ3v) is 4.46. The monoisotopic (exact) mass is 500 g/mol. The van der Waals surface area contributed by atoms with Crippen molar-refractivity contribution in [2.45, 2.75) is 39.1 Å². The highest BCUT2D eigenvalue weighted by molar-refractivity contribution is 14.0. The second-order valence-electron chi connectivity index (χ2n) is 6.77. The number of rotatable bonds is 5. The second-order valence-corrected chi connectivity index (χ2v) is 6.77. The Kier molecular flexibility index (Phi) is 8.42. The van der Waals surface area contributed by atoms with Crippen LogP contribution in [0.1, 0.15) is 25.2 Å². The zero-order valence-electron chi connectivity index (χ0n) is 16.8. The van der Waals surface area contributed by atoms with Gasteiger partial charge >= 0.3 is 0 Å². The van der Waals surface area contributed by atoms with E-state index in [2.05, 4.69) is 61.6 Å². The SMILES string of the molecule is CN=C(NCc1ccc(N2CC(C)OC(C)C2)nc1)NCc1ncnn1C.I. The van der Waals surface area contributed by atoms with Crippen molar-refractivity contribution >= 4 is 35.8 Å². The molecule has 9 nitrogen and oxygen atoms in total. The Balaban J connectivity index is 0.00000280. The van der Waals surface area contributed by atoms with E-state index in [0.717, 1.165) is 30.3 Å². The highest BCUT2D eigenvalue weighted by Crippen LogP contribution is 2.18.